The minimum absolute atomic E-state index is 0.00961. The van der Waals surface area contributed by atoms with Gasteiger partial charge in [-0.25, -0.2) is 4.39 Å². The lowest BCUT2D eigenvalue weighted by Gasteiger charge is -2.31. The number of hydrogen-bond donors (Lipinski definition) is 1. The predicted octanol–water partition coefficient (Wildman–Crippen LogP) is 2.89. The summed E-state index contributed by atoms with van der Waals surface area (Å²) in [4.78, 5) is 15.3. The Hall–Kier alpha value is -1.88. The Morgan fingerprint density at radius 2 is 2.16 bits per heavy atom. The molecule has 2 aromatic rings. The molecule has 1 N–H and O–H groups in total. The summed E-state index contributed by atoms with van der Waals surface area (Å²) < 4.78 is 16.2. The molecule has 0 radical (unpaired) electrons. The molecule has 0 unspecified atom stereocenters. The van der Waals surface area contributed by atoms with Gasteiger partial charge in [0.1, 0.15) is 6.17 Å². The quantitative estimate of drug-likeness (QED) is 0.932. The molecule has 2 atom stereocenters. The molecule has 3 aliphatic heterocycles. The second-order valence-electron chi connectivity index (χ2n) is 7.85. The van der Waals surface area contributed by atoms with Crippen LogP contribution in [0.5, 0.6) is 0 Å². The van der Waals surface area contributed by atoms with E-state index in [2.05, 4.69) is 20.9 Å². The molecule has 2 fully saturated rings. The van der Waals surface area contributed by atoms with Crippen LogP contribution in [0.4, 0.5) is 4.39 Å². The van der Waals surface area contributed by atoms with Crippen molar-refractivity contribution in [2.45, 2.75) is 50.4 Å². The largest absolute Gasteiger partial charge is 0.350 e. The van der Waals surface area contributed by atoms with Gasteiger partial charge in [0.15, 0.2) is 0 Å². The Bertz CT molecular complexity index is 845. The molecule has 5 rings (SSSR count). The van der Waals surface area contributed by atoms with Gasteiger partial charge in [-0.2, -0.15) is 0 Å². The second kappa shape index (κ2) is 5.56. The number of amides is 1. The maximum absolute atomic E-state index is 13.9. The molecule has 0 bridgehead atoms. The maximum Gasteiger partial charge on any atom is 0.253 e. The number of aryl methyl sites for hydroxylation is 1. The third kappa shape index (κ3) is 2.25. The fraction of sp³-hybridized carbons (Fsp3) is 0.550. The normalized spacial score (nSPS) is 28.4. The summed E-state index contributed by atoms with van der Waals surface area (Å²) >= 11 is 0. The predicted molar refractivity (Wildman–Crippen MR) is 95.6 cm³/mol. The first kappa shape index (κ1) is 15.4. The van der Waals surface area contributed by atoms with E-state index in [-0.39, 0.29) is 11.4 Å². The van der Waals surface area contributed by atoms with E-state index < -0.39 is 6.17 Å². The molecule has 25 heavy (non-hydrogen) atoms. The van der Waals surface area contributed by atoms with Crippen LogP contribution in [-0.2, 0) is 13.0 Å². The molecule has 0 saturated carbocycles. The Morgan fingerprint density at radius 3 is 3.08 bits per heavy atom. The highest BCUT2D eigenvalue weighted by molar-refractivity contribution is 6.08. The van der Waals surface area contributed by atoms with Crippen molar-refractivity contribution in [3.05, 3.63) is 35.5 Å². The molecule has 132 valence electrons. The van der Waals surface area contributed by atoms with Gasteiger partial charge >= 0.3 is 0 Å². The van der Waals surface area contributed by atoms with Crippen molar-refractivity contribution in [1.82, 2.24) is 14.8 Å². The SMILES string of the molecule is O=C(NC[C@@]12CCCN1C[C@H](F)C2)c1c2n(c3ccccc13)CCC2. The van der Waals surface area contributed by atoms with Crippen molar-refractivity contribution < 1.29 is 9.18 Å². The zero-order valence-corrected chi connectivity index (χ0v) is 14.4. The second-order valence-corrected chi connectivity index (χ2v) is 7.85. The standard InChI is InChI=1S/C20H24FN3O/c21-14-11-20(8-4-9-23(20)12-14)13-22-19(25)18-15-5-1-2-6-16(15)24-10-3-7-17(18)24/h1-2,5-6,14H,3-4,7-13H2,(H,22,25)/t14-,20+/m1/s1. The smallest absolute Gasteiger partial charge is 0.253 e. The zero-order valence-electron chi connectivity index (χ0n) is 14.4. The highest BCUT2D eigenvalue weighted by Crippen LogP contribution is 2.39. The molecule has 1 amide bonds. The monoisotopic (exact) mass is 341 g/mol. The molecule has 0 aliphatic carbocycles. The fourth-order valence-electron chi connectivity index (χ4n) is 5.36. The van der Waals surface area contributed by atoms with Crippen LogP contribution in [0.1, 0.15) is 41.7 Å². The van der Waals surface area contributed by atoms with Crippen molar-refractivity contribution >= 4 is 16.8 Å². The van der Waals surface area contributed by atoms with E-state index in [1.807, 2.05) is 18.2 Å². The van der Waals surface area contributed by atoms with Crippen molar-refractivity contribution in [3.8, 4) is 0 Å². The number of fused-ring (bicyclic) bond motifs is 4. The van der Waals surface area contributed by atoms with Crippen LogP contribution in [0.3, 0.4) is 0 Å². The number of aromatic nitrogens is 1. The number of carbonyl (C=O) groups is 1. The Balaban J connectivity index is 1.43. The van der Waals surface area contributed by atoms with Crippen LogP contribution < -0.4 is 5.32 Å². The van der Waals surface area contributed by atoms with Crippen LogP contribution in [-0.4, -0.2) is 46.7 Å². The third-order valence-corrected chi connectivity index (χ3v) is 6.44. The molecule has 3 aliphatic rings. The average Bonchev–Trinajstić information content (AvgIpc) is 3.31. The van der Waals surface area contributed by atoms with Gasteiger partial charge in [-0.15, -0.1) is 0 Å². The summed E-state index contributed by atoms with van der Waals surface area (Å²) in [6, 6.07) is 8.17. The number of para-hydroxylation sites is 1. The molecular formula is C20H24FN3O. The topological polar surface area (TPSA) is 37.3 Å². The molecule has 5 heteroatoms. The summed E-state index contributed by atoms with van der Waals surface area (Å²) in [6.45, 7) is 3.04. The Labute approximate surface area is 147 Å². The van der Waals surface area contributed by atoms with Crippen molar-refractivity contribution in [1.29, 1.82) is 0 Å². The van der Waals surface area contributed by atoms with Crippen molar-refractivity contribution in [2.24, 2.45) is 0 Å². The number of hydrogen-bond acceptors (Lipinski definition) is 2. The summed E-state index contributed by atoms with van der Waals surface area (Å²) in [7, 11) is 0. The van der Waals surface area contributed by atoms with E-state index in [1.165, 1.54) is 0 Å². The highest BCUT2D eigenvalue weighted by Gasteiger charge is 2.48. The van der Waals surface area contributed by atoms with Crippen LogP contribution in [0.2, 0.25) is 0 Å². The minimum atomic E-state index is -0.753. The van der Waals surface area contributed by atoms with Crippen LogP contribution in [0.25, 0.3) is 10.9 Å². The van der Waals surface area contributed by atoms with E-state index in [1.54, 1.807) is 0 Å². The summed E-state index contributed by atoms with van der Waals surface area (Å²) in [5.41, 5.74) is 3.00. The first-order valence-corrected chi connectivity index (χ1v) is 9.45. The molecule has 2 saturated heterocycles. The summed E-state index contributed by atoms with van der Waals surface area (Å²) in [5.74, 6) is 0.00961. The van der Waals surface area contributed by atoms with Crippen molar-refractivity contribution in [3.63, 3.8) is 0 Å². The minimum Gasteiger partial charge on any atom is -0.350 e. The molecule has 1 aromatic heterocycles. The van der Waals surface area contributed by atoms with Gasteiger partial charge in [0.05, 0.1) is 5.56 Å². The van der Waals surface area contributed by atoms with E-state index in [9.17, 15) is 9.18 Å². The Kier molecular flexibility index (Phi) is 3.42. The van der Waals surface area contributed by atoms with Crippen LogP contribution in [0.15, 0.2) is 24.3 Å². The molecule has 0 spiro atoms. The van der Waals surface area contributed by atoms with Crippen molar-refractivity contribution in [2.75, 3.05) is 19.6 Å². The number of carbonyl (C=O) groups excluding carboxylic acids is 1. The summed E-state index contributed by atoms with van der Waals surface area (Å²) in [6.07, 6.45) is 3.96. The number of rotatable bonds is 3. The molecule has 1 aromatic carbocycles. The van der Waals surface area contributed by atoms with E-state index >= 15 is 0 Å². The third-order valence-electron chi connectivity index (χ3n) is 6.44. The number of alkyl halides is 1. The number of nitrogens with one attached hydrogen (secondary N) is 1. The molecule has 4 heterocycles. The first-order chi connectivity index (χ1) is 12.2. The lowest BCUT2D eigenvalue weighted by atomic mass is 9.93. The summed E-state index contributed by atoms with van der Waals surface area (Å²) in [5, 5.41) is 4.22. The van der Waals surface area contributed by atoms with Crippen LogP contribution >= 0.6 is 0 Å². The molecular weight excluding hydrogens is 317 g/mol. The molecule has 4 nitrogen and oxygen atoms in total. The van der Waals surface area contributed by atoms with Gasteiger partial charge in [-0.1, -0.05) is 18.2 Å². The van der Waals surface area contributed by atoms with Gasteiger partial charge in [0.25, 0.3) is 5.91 Å². The van der Waals surface area contributed by atoms with Crippen LogP contribution in [0, 0.1) is 0 Å². The van der Waals surface area contributed by atoms with Gasteiger partial charge in [-0.05, 0) is 44.7 Å². The zero-order chi connectivity index (χ0) is 17.0. The average molecular weight is 341 g/mol. The highest BCUT2D eigenvalue weighted by atomic mass is 19.1. The number of halogens is 1. The van der Waals surface area contributed by atoms with Gasteiger partial charge in [-0.3, -0.25) is 9.69 Å². The van der Waals surface area contributed by atoms with E-state index in [0.29, 0.717) is 19.5 Å². The van der Waals surface area contributed by atoms with Gasteiger partial charge in [0.2, 0.25) is 0 Å². The fourth-order valence-corrected chi connectivity index (χ4v) is 5.36. The lowest BCUT2D eigenvalue weighted by Crippen LogP contribution is -2.48. The lowest BCUT2D eigenvalue weighted by molar-refractivity contribution is 0.0920. The van der Waals surface area contributed by atoms with E-state index in [4.69, 9.17) is 0 Å². The first-order valence-electron chi connectivity index (χ1n) is 9.45. The maximum atomic E-state index is 13.9. The Morgan fingerprint density at radius 1 is 1.28 bits per heavy atom. The van der Waals surface area contributed by atoms with E-state index in [0.717, 1.165) is 60.9 Å². The van der Waals surface area contributed by atoms with Gasteiger partial charge in [0, 0.05) is 41.8 Å². The van der Waals surface area contributed by atoms with Gasteiger partial charge < -0.3 is 9.88 Å². The number of benzene rings is 1. The number of nitrogens with zero attached hydrogens (tertiary/aromatic N) is 2.